The smallest absolute Gasteiger partial charge is 0.252 e. The van der Waals surface area contributed by atoms with Crippen molar-refractivity contribution < 1.29 is 9.53 Å². The highest BCUT2D eigenvalue weighted by molar-refractivity contribution is 7.10. The number of fused-ring (bicyclic) bond motifs is 1. The van der Waals surface area contributed by atoms with Gasteiger partial charge in [-0.25, -0.2) is 0 Å². The zero-order chi connectivity index (χ0) is 17.3. The van der Waals surface area contributed by atoms with Crippen molar-refractivity contribution in [2.75, 3.05) is 32.8 Å². The predicted molar refractivity (Wildman–Crippen MR) is 97.6 cm³/mol. The summed E-state index contributed by atoms with van der Waals surface area (Å²) in [5.41, 5.74) is 2.01. The normalized spacial score (nSPS) is 25.9. The van der Waals surface area contributed by atoms with Crippen LogP contribution < -0.4 is 5.32 Å². The molecule has 2 saturated heterocycles. The summed E-state index contributed by atoms with van der Waals surface area (Å²) in [6.45, 7) is 7.37. The summed E-state index contributed by atoms with van der Waals surface area (Å²) >= 11 is 1.83. The first-order valence-corrected chi connectivity index (χ1v) is 9.55. The number of hydrogen-bond donors (Lipinski definition) is 1. The van der Waals surface area contributed by atoms with E-state index in [4.69, 9.17) is 4.74 Å². The van der Waals surface area contributed by atoms with Crippen LogP contribution in [0, 0.1) is 18.3 Å². The Kier molecular flexibility index (Phi) is 4.58. The minimum atomic E-state index is -0.0549. The third kappa shape index (κ3) is 3.34. The van der Waals surface area contributed by atoms with Gasteiger partial charge in [-0.1, -0.05) is 0 Å². The molecular formula is C19H23N3O2S. The van der Waals surface area contributed by atoms with Crippen LogP contribution in [0.4, 0.5) is 0 Å². The van der Waals surface area contributed by atoms with Gasteiger partial charge in [0, 0.05) is 54.8 Å². The highest BCUT2D eigenvalue weighted by Crippen LogP contribution is 2.41. The largest absolute Gasteiger partial charge is 0.380 e. The van der Waals surface area contributed by atoms with Gasteiger partial charge >= 0.3 is 0 Å². The number of amides is 1. The van der Waals surface area contributed by atoms with Crippen LogP contribution in [0.15, 0.2) is 36.0 Å². The second kappa shape index (κ2) is 6.86. The molecule has 0 saturated carbocycles. The number of aryl methyl sites for hydroxylation is 1. The average Bonchev–Trinajstić information content (AvgIpc) is 3.29. The van der Waals surface area contributed by atoms with Crippen LogP contribution in [0.3, 0.4) is 0 Å². The van der Waals surface area contributed by atoms with Crippen LogP contribution in [0.2, 0.25) is 0 Å². The summed E-state index contributed by atoms with van der Waals surface area (Å²) in [7, 11) is 0. The molecule has 0 spiro atoms. The number of carbonyl (C=O) groups excluding carboxylic acids is 1. The van der Waals surface area contributed by atoms with E-state index in [1.807, 2.05) is 11.3 Å². The van der Waals surface area contributed by atoms with E-state index < -0.39 is 0 Å². The van der Waals surface area contributed by atoms with Crippen LogP contribution in [0.25, 0.3) is 0 Å². The molecule has 2 aliphatic heterocycles. The molecule has 2 atom stereocenters. The van der Waals surface area contributed by atoms with Gasteiger partial charge in [0.05, 0.1) is 18.8 Å². The predicted octanol–water partition coefficient (Wildman–Crippen LogP) is 2.33. The quantitative estimate of drug-likeness (QED) is 0.892. The van der Waals surface area contributed by atoms with Crippen molar-refractivity contribution in [1.29, 1.82) is 0 Å². The van der Waals surface area contributed by atoms with Crippen molar-refractivity contribution in [3.63, 3.8) is 0 Å². The highest BCUT2D eigenvalue weighted by Gasteiger charge is 2.50. The van der Waals surface area contributed by atoms with Crippen LogP contribution in [-0.4, -0.2) is 48.6 Å². The van der Waals surface area contributed by atoms with Crippen molar-refractivity contribution in [3.05, 3.63) is 52.0 Å². The molecule has 2 aromatic heterocycles. The Bertz CT molecular complexity index is 748. The molecule has 0 unspecified atom stereocenters. The van der Waals surface area contributed by atoms with Gasteiger partial charge in [-0.2, -0.15) is 0 Å². The summed E-state index contributed by atoms with van der Waals surface area (Å²) < 4.78 is 5.77. The van der Waals surface area contributed by atoms with Gasteiger partial charge in [0.15, 0.2) is 0 Å². The van der Waals surface area contributed by atoms with Crippen LogP contribution in [0.5, 0.6) is 0 Å². The Morgan fingerprint density at radius 2 is 2.44 bits per heavy atom. The molecule has 2 aromatic rings. The van der Waals surface area contributed by atoms with Gasteiger partial charge in [-0.3, -0.25) is 14.7 Å². The van der Waals surface area contributed by atoms with E-state index in [0.29, 0.717) is 18.0 Å². The van der Waals surface area contributed by atoms with E-state index in [0.717, 1.165) is 32.8 Å². The first kappa shape index (κ1) is 16.7. The van der Waals surface area contributed by atoms with E-state index in [9.17, 15) is 4.79 Å². The number of nitrogens with zero attached hydrogens (tertiary/aromatic N) is 2. The second-order valence-electron chi connectivity index (χ2n) is 7.20. The molecule has 2 aliphatic rings. The van der Waals surface area contributed by atoms with E-state index in [-0.39, 0.29) is 11.3 Å². The summed E-state index contributed by atoms with van der Waals surface area (Å²) in [4.78, 5) is 20.3. The second-order valence-corrected chi connectivity index (χ2v) is 8.20. The van der Waals surface area contributed by atoms with Gasteiger partial charge in [-0.15, -0.1) is 11.3 Å². The average molecular weight is 357 g/mol. The monoisotopic (exact) mass is 357 g/mol. The number of rotatable bonds is 5. The fourth-order valence-electron chi connectivity index (χ4n) is 3.94. The minimum Gasteiger partial charge on any atom is -0.380 e. The Morgan fingerprint density at radius 1 is 1.52 bits per heavy atom. The number of thiophene rings is 1. The SMILES string of the molecule is Cc1ccsc1CN1C[C@@H]2COC[C@]2(CNC(=O)c2cccnc2)C1. The molecule has 132 valence electrons. The third-order valence-electron chi connectivity index (χ3n) is 5.45. The summed E-state index contributed by atoms with van der Waals surface area (Å²) in [6.07, 6.45) is 3.29. The van der Waals surface area contributed by atoms with Crippen LogP contribution >= 0.6 is 11.3 Å². The Balaban J connectivity index is 1.41. The molecule has 4 rings (SSSR count). The number of likely N-dealkylation sites (tertiary alicyclic amines) is 1. The molecule has 6 heteroatoms. The highest BCUT2D eigenvalue weighted by atomic mass is 32.1. The number of aromatic nitrogens is 1. The van der Waals surface area contributed by atoms with Crippen molar-refractivity contribution in [3.8, 4) is 0 Å². The first-order chi connectivity index (χ1) is 12.2. The molecule has 2 fully saturated rings. The van der Waals surface area contributed by atoms with E-state index in [1.165, 1.54) is 10.4 Å². The molecule has 0 aromatic carbocycles. The number of hydrogen-bond acceptors (Lipinski definition) is 5. The van der Waals surface area contributed by atoms with Gasteiger partial charge in [0.1, 0.15) is 0 Å². The molecular weight excluding hydrogens is 334 g/mol. The Labute approximate surface area is 152 Å². The Morgan fingerprint density at radius 3 is 3.20 bits per heavy atom. The summed E-state index contributed by atoms with van der Waals surface area (Å²) in [6, 6.07) is 5.77. The lowest BCUT2D eigenvalue weighted by Gasteiger charge is -2.27. The summed E-state index contributed by atoms with van der Waals surface area (Å²) in [5.74, 6) is 0.433. The van der Waals surface area contributed by atoms with Gasteiger partial charge in [0.2, 0.25) is 0 Å². The molecule has 1 N–H and O–H groups in total. The fraction of sp³-hybridized carbons (Fsp3) is 0.474. The fourth-order valence-corrected chi connectivity index (χ4v) is 4.89. The zero-order valence-electron chi connectivity index (χ0n) is 14.4. The standard InChI is InChI=1S/C19H23N3O2S/c1-14-4-6-25-17(14)9-22-8-16-10-24-13-19(16,12-22)11-21-18(23)15-3-2-5-20-7-15/h2-7,16H,8-13H2,1H3,(H,21,23)/t16-,19+/m1/s1. The van der Waals surface area contributed by atoms with Crippen LogP contribution in [-0.2, 0) is 11.3 Å². The number of carbonyl (C=O) groups is 1. The summed E-state index contributed by atoms with van der Waals surface area (Å²) in [5, 5.41) is 5.27. The maximum absolute atomic E-state index is 12.4. The molecule has 1 amide bonds. The molecule has 25 heavy (non-hydrogen) atoms. The lowest BCUT2D eigenvalue weighted by molar-refractivity contribution is 0.0904. The van der Waals surface area contributed by atoms with Gasteiger partial charge in [0.25, 0.3) is 5.91 Å². The lowest BCUT2D eigenvalue weighted by Crippen LogP contribution is -2.43. The van der Waals surface area contributed by atoms with E-state index in [1.54, 1.807) is 24.5 Å². The zero-order valence-corrected chi connectivity index (χ0v) is 15.2. The number of nitrogens with one attached hydrogen (secondary N) is 1. The topological polar surface area (TPSA) is 54.5 Å². The molecule has 0 aliphatic carbocycles. The van der Waals surface area contributed by atoms with Gasteiger partial charge < -0.3 is 10.1 Å². The minimum absolute atomic E-state index is 0.0308. The van der Waals surface area contributed by atoms with E-state index in [2.05, 4.69) is 33.6 Å². The van der Waals surface area contributed by atoms with Gasteiger partial charge in [-0.05, 0) is 36.1 Å². The van der Waals surface area contributed by atoms with Crippen molar-refractivity contribution in [1.82, 2.24) is 15.2 Å². The lowest BCUT2D eigenvalue weighted by atomic mass is 9.81. The maximum atomic E-state index is 12.4. The van der Waals surface area contributed by atoms with Crippen molar-refractivity contribution in [2.24, 2.45) is 11.3 Å². The van der Waals surface area contributed by atoms with Crippen molar-refractivity contribution >= 4 is 17.2 Å². The molecule has 0 radical (unpaired) electrons. The Hall–Kier alpha value is -1.76. The number of ether oxygens (including phenoxy) is 1. The van der Waals surface area contributed by atoms with Crippen molar-refractivity contribution in [2.45, 2.75) is 13.5 Å². The van der Waals surface area contributed by atoms with Crippen LogP contribution in [0.1, 0.15) is 20.8 Å². The maximum Gasteiger partial charge on any atom is 0.252 e. The molecule has 4 heterocycles. The first-order valence-electron chi connectivity index (χ1n) is 8.68. The molecule has 0 bridgehead atoms. The third-order valence-corrected chi connectivity index (χ3v) is 6.46. The van der Waals surface area contributed by atoms with E-state index >= 15 is 0 Å². The molecule has 5 nitrogen and oxygen atoms in total. The number of pyridine rings is 1.